The molecule has 0 saturated carbocycles. The van der Waals surface area contributed by atoms with Crippen LogP contribution in [0.1, 0.15) is 26.3 Å². The van der Waals surface area contributed by atoms with E-state index in [1.54, 1.807) is 7.11 Å². The Balaban J connectivity index is 2.89. The average Bonchev–Trinajstić information content (AvgIpc) is 2.40. The third-order valence-corrected chi connectivity index (χ3v) is 3.63. The Labute approximate surface area is 133 Å². The molecule has 6 heteroatoms. The molecule has 0 heterocycles. The summed E-state index contributed by atoms with van der Waals surface area (Å²) in [4.78, 5) is 11.2. The fraction of sp³-hybridized carbons (Fsp3) is 0.533. The number of ether oxygens (including phenoxy) is 2. The minimum Gasteiger partial charge on any atom is -0.493 e. The molecule has 0 bridgehead atoms. The monoisotopic (exact) mass is 359 g/mol. The summed E-state index contributed by atoms with van der Waals surface area (Å²) < 4.78 is 11.6. The van der Waals surface area contributed by atoms with Crippen LogP contribution in [0, 0.1) is 5.92 Å². The molecule has 0 spiro atoms. The van der Waals surface area contributed by atoms with Gasteiger partial charge in [-0.1, -0.05) is 13.8 Å². The minimum absolute atomic E-state index is 0.00975. The van der Waals surface area contributed by atoms with Gasteiger partial charge in [0.1, 0.15) is 6.04 Å². The molecule has 1 aromatic carbocycles. The topological polar surface area (TPSA) is 67.8 Å². The fourth-order valence-corrected chi connectivity index (χ4v) is 2.60. The lowest BCUT2D eigenvalue weighted by Crippen LogP contribution is -2.40. The van der Waals surface area contributed by atoms with Gasteiger partial charge in [-0.15, -0.1) is 0 Å². The van der Waals surface area contributed by atoms with E-state index in [1.165, 1.54) is 0 Å². The summed E-state index contributed by atoms with van der Waals surface area (Å²) in [6.45, 7) is 6.64. The first kappa shape index (κ1) is 17.8. The highest BCUT2D eigenvalue weighted by Gasteiger charge is 2.21. The first-order chi connectivity index (χ1) is 9.90. The van der Waals surface area contributed by atoms with E-state index in [1.807, 2.05) is 32.9 Å². The van der Waals surface area contributed by atoms with Crippen molar-refractivity contribution in [3.8, 4) is 11.5 Å². The van der Waals surface area contributed by atoms with Gasteiger partial charge in [-0.05, 0) is 46.5 Å². The van der Waals surface area contributed by atoms with Gasteiger partial charge in [0.15, 0.2) is 11.5 Å². The predicted molar refractivity (Wildman–Crippen MR) is 85.0 cm³/mol. The van der Waals surface area contributed by atoms with Crippen molar-refractivity contribution in [2.24, 2.45) is 5.92 Å². The first-order valence-corrected chi connectivity index (χ1v) is 7.65. The first-order valence-electron chi connectivity index (χ1n) is 6.86. The zero-order valence-corrected chi connectivity index (χ0v) is 14.4. The maximum atomic E-state index is 11.2. The molecule has 1 aromatic rings. The number of hydrogen-bond donors (Lipinski definition) is 2. The van der Waals surface area contributed by atoms with Gasteiger partial charge in [-0.2, -0.15) is 0 Å². The molecule has 21 heavy (non-hydrogen) atoms. The average molecular weight is 360 g/mol. The van der Waals surface area contributed by atoms with E-state index in [2.05, 4.69) is 21.2 Å². The molecular weight excluding hydrogens is 338 g/mol. The van der Waals surface area contributed by atoms with Gasteiger partial charge in [0, 0.05) is 6.54 Å². The quantitative estimate of drug-likeness (QED) is 0.746. The molecule has 0 saturated heterocycles. The van der Waals surface area contributed by atoms with Gasteiger partial charge in [0.25, 0.3) is 0 Å². The van der Waals surface area contributed by atoms with Crippen molar-refractivity contribution in [2.45, 2.75) is 33.4 Å². The maximum Gasteiger partial charge on any atom is 0.320 e. The molecule has 2 N–H and O–H groups in total. The summed E-state index contributed by atoms with van der Waals surface area (Å²) in [7, 11) is 1.58. The van der Waals surface area contributed by atoms with Crippen LogP contribution in [-0.2, 0) is 11.3 Å². The number of nitrogens with one attached hydrogen (secondary N) is 1. The lowest BCUT2D eigenvalue weighted by Gasteiger charge is -2.19. The molecule has 0 amide bonds. The molecule has 5 nitrogen and oxygen atoms in total. The third kappa shape index (κ3) is 4.89. The van der Waals surface area contributed by atoms with Crippen LogP contribution in [0.3, 0.4) is 0 Å². The van der Waals surface area contributed by atoms with Gasteiger partial charge < -0.3 is 19.9 Å². The number of carboxylic acid groups (broad SMARTS) is 1. The molecular formula is C15H22BrNO4. The Kier molecular flexibility index (Phi) is 6.98. The van der Waals surface area contributed by atoms with Crippen LogP contribution in [0.2, 0.25) is 0 Å². The molecule has 1 atom stereocenters. The summed E-state index contributed by atoms with van der Waals surface area (Å²) in [5.74, 6) is 0.444. The number of aliphatic carboxylic acids is 1. The number of rotatable bonds is 8. The Morgan fingerprint density at radius 2 is 2.10 bits per heavy atom. The molecule has 0 unspecified atom stereocenters. The van der Waals surface area contributed by atoms with Crippen molar-refractivity contribution in [1.82, 2.24) is 5.32 Å². The highest BCUT2D eigenvalue weighted by atomic mass is 79.9. The van der Waals surface area contributed by atoms with E-state index in [0.29, 0.717) is 24.7 Å². The van der Waals surface area contributed by atoms with E-state index in [4.69, 9.17) is 9.47 Å². The third-order valence-electron chi connectivity index (χ3n) is 3.04. The van der Waals surface area contributed by atoms with Crippen molar-refractivity contribution >= 4 is 21.9 Å². The molecule has 0 radical (unpaired) electrons. The van der Waals surface area contributed by atoms with Crippen LogP contribution in [0.4, 0.5) is 0 Å². The fourth-order valence-electron chi connectivity index (χ4n) is 2.00. The molecule has 0 aromatic heterocycles. The zero-order chi connectivity index (χ0) is 16.0. The van der Waals surface area contributed by atoms with E-state index in [-0.39, 0.29) is 5.92 Å². The molecule has 0 aliphatic carbocycles. The standard InChI is InChI=1S/C15H22BrNO4/c1-5-21-14-11(16)6-10(7-12(14)20-4)8-17-13(9(2)3)15(18)19/h6-7,9,13,17H,5,8H2,1-4H3,(H,18,19)/t13-/m1/s1. The van der Waals surface area contributed by atoms with E-state index in [9.17, 15) is 9.90 Å². The van der Waals surface area contributed by atoms with Gasteiger partial charge in [-0.3, -0.25) is 4.79 Å². The summed E-state index contributed by atoms with van der Waals surface area (Å²) in [6.07, 6.45) is 0. The Bertz CT molecular complexity index is 491. The second kappa shape index (κ2) is 8.24. The highest BCUT2D eigenvalue weighted by Crippen LogP contribution is 2.36. The molecule has 0 fully saturated rings. The minimum atomic E-state index is -0.845. The number of hydrogen-bond acceptors (Lipinski definition) is 4. The van der Waals surface area contributed by atoms with Crippen molar-refractivity contribution in [2.75, 3.05) is 13.7 Å². The lowest BCUT2D eigenvalue weighted by molar-refractivity contribution is -0.140. The molecule has 0 aliphatic heterocycles. The summed E-state index contributed by atoms with van der Waals surface area (Å²) >= 11 is 3.46. The van der Waals surface area contributed by atoms with Crippen molar-refractivity contribution in [3.63, 3.8) is 0 Å². The normalized spacial score (nSPS) is 12.3. The predicted octanol–water partition coefficient (Wildman–Crippen LogP) is 3.06. The number of benzene rings is 1. The maximum absolute atomic E-state index is 11.2. The number of carbonyl (C=O) groups is 1. The number of carboxylic acids is 1. The largest absolute Gasteiger partial charge is 0.493 e. The van der Waals surface area contributed by atoms with Gasteiger partial charge in [-0.25, -0.2) is 0 Å². The highest BCUT2D eigenvalue weighted by molar-refractivity contribution is 9.10. The van der Waals surface area contributed by atoms with Gasteiger partial charge in [0.2, 0.25) is 0 Å². The second-order valence-corrected chi connectivity index (χ2v) is 5.84. The van der Waals surface area contributed by atoms with Crippen LogP contribution >= 0.6 is 15.9 Å². The van der Waals surface area contributed by atoms with Crippen molar-refractivity contribution < 1.29 is 19.4 Å². The van der Waals surface area contributed by atoms with E-state index < -0.39 is 12.0 Å². The van der Waals surface area contributed by atoms with Crippen molar-refractivity contribution in [3.05, 3.63) is 22.2 Å². The Morgan fingerprint density at radius 3 is 2.57 bits per heavy atom. The Hall–Kier alpha value is -1.27. The summed E-state index contributed by atoms with van der Waals surface area (Å²) in [5.41, 5.74) is 0.925. The zero-order valence-electron chi connectivity index (χ0n) is 12.8. The van der Waals surface area contributed by atoms with Crippen LogP contribution < -0.4 is 14.8 Å². The molecule has 0 aliphatic rings. The van der Waals surface area contributed by atoms with Crippen LogP contribution in [0.25, 0.3) is 0 Å². The number of methoxy groups -OCH3 is 1. The molecule has 118 valence electrons. The van der Waals surface area contributed by atoms with E-state index >= 15 is 0 Å². The van der Waals surface area contributed by atoms with E-state index in [0.717, 1.165) is 10.0 Å². The van der Waals surface area contributed by atoms with Gasteiger partial charge in [0.05, 0.1) is 18.2 Å². The molecule has 1 rings (SSSR count). The smallest absolute Gasteiger partial charge is 0.320 e. The van der Waals surface area contributed by atoms with Crippen molar-refractivity contribution in [1.29, 1.82) is 0 Å². The summed E-state index contributed by atoms with van der Waals surface area (Å²) in [5, 5.41) is 12.2. The summed E-state index contributed by atoms with van der Waals surface area (Å²) in [6, 6.07) is 3.17. The van der Waals surface area contributed by atoms with Crippen LogP contribution in [0.5, 0.6) is 11.5 Å². The Morgan fingerprint density at radius 1 is 1.43 bits per heavy atom. The number of halogens is 1. The van der Waals surface area contributed by atoms with Crippen LogP contribution in [-0.4, -0.2) is 30.8 Å². The lowest BCUT2D eigenvalue weighted by atomic mass is 10.0. The second-order valence-electron chi connectivity index (χ2n) is 4.98. The van der Waals surface area contributed by atoms with Crippen LogP contribution in [0.15, 0.2) is 16.6 Å². The SMILES string of the molecule is CCOc1c(Br)cc(CN[C@@H](C(=O)O)C(C)C)cc1OC. The van der Waals surface area contributed by atoms with Gasteiger partial charge >= 0.3 is 5.97 Å².